The Labute approximate surface area is 215 Å². The van der Waals surface area contributed by atoms with Crippen LogP contribution in [0.1, 0.15) is 29.0 Å². The molecule has 1 aliphatic carbocycles. The van der Waals surface area contributed by atoms with Gasteiger partial charge in [0.05, 0.1) is 20.8 Å². The van der Waals surface area contributed by atoms with Crippen molar-refractivity contribution in [2.75, 3.05) is 25.4 Å². The van der Waals surface area contributed by atoms with E-state index in [1.807, 2.05) is 11.6 Å². The molecule has 0 radical (unpaired) electrons. The lowest BCUT2D eigenvalue weighted by Gasteiger charge is -2.21. The molecule has 2 atom stereocenters. The molecule has 0 bridgehead atoms. The first-order valence-corrected chi connectivity index (χ1v) is 13.8. The second kappa shape index (κ2) is 8.85. The number of benzene rings is 2. The number of thiazole rings is 1. The molecule has 1 saturated heterocycles. The van der Waals surface area contributed by atoms with Crippen LogP contribution in [0.4, 0.5) is 13.2 Å². The number of hydrogen-bond donors (Lipinski definition) is 0. The van der Waals surface area contributed by atoms with E-state index in [1.54, 1.807) is 23.1 Å². The number of aromatic nitrogens is 4. The number of alkyl halides is 3. The van der Waals surface area contributed by atoms with Gasteiger partial charge in [-0.1, -0.05) is 30.0 Å². The molecule has 2 aliphatic rings. The zero-order chi connectivity index (χ0) is 25.1. The maximum atomic E-state index is 12.8. The fourth-order valence-corrected chi connectivity index (χ4v) is 7.15. The average Bonchev–Trinajstić information content (AvgIpc) is 3.12. The normalized spacial score (nSPS) is 21.9. The van der Waals surface area contributed by atoms with Crippen molar-refractivity contribution in [1.82, 2.24) is 24.6 Å². The smallest absolute Gasteiger partial charge is 0.305 e. The van der Waals surface area contributed by atoms with E-state index in [4.69, 9.17) is 0 Å². The fourth-order valence-electron chi connectivity index (χ4n) is 5.51. The van der Waals surface area contributed by atoms with Gasteiger partial charge in [-0.2, -0.15) is 13.2 Å². The SMILES string of the molecule is Cc1nc2cc([C@@]34C[C@@H]3CN(CCCSc3nnc(-c5ccc(C(F)(F)F)cc5)n3C)C4)ccc2s1. The Bertz CT molecular complexity index is 1410. The van der Waals surface area contributed by atoms with Gasteiger partial charge in [-0.25, -0.2) is 4.98 Å². The highest BCUT2D eigenvalue weighted by molar-refractivity contribution is 7.99. The molecular formula is C26H26F3N5S2. The highest BCUT2D eigenvalue weighted by Crippen LogP contribution is 2.59. The Hall–Kier alpha value is -2.43. The van der Waals surface area contributed by atoms with Crippen molar-refractivity contribution in [2.24, 2.45) is 13.0 Å². The fraction of sp³-hybridized carbons (Fsp3) is 0.423. The maximum absolute atomic E-state index is 12.8. The van der Waals surface area contributed by atoms with Crippen molar-refractivity contribution < 1.29 is 13.2 Å². The van der Waals surface area contributed by atoms with Crippen LogP contribution in [0.2, 0.25) is 0 Å². The molecule has 0 unspecified atom stereocenters. The van der Waals surface area contributed by atoms with Crippen LogP contribution in [-0.2, 0) is 18.6 Å². The monoisotopic (exact) mass is 529 g/mol. The maximum Gasteiger partial charge on any atom is 0.416 e. The molecule has 10 heteroatoms. The second-order valence-corrected chi connectivity index (χ2v) is 12.1. The molecule has 1 saturated carbocycles. The Kier molecular flexibility index (Phi) is 5.88. The highest BCUT2D eigenvalue weighted by Gasteiger charge is 2.60. The van der Waals surface area contributed by atoms with Gasteiger partial charge in [-0.15, -0.1) is 21.5 Å². The van der Waals surface area contributed by atoms with Crippen LogP contribution in [0, 0.1) is 12.8 Å². The summed E-state index contributed by atoms with van der Waals surface area (Å²) in [6.07, 6.45) is -2.03. The van der Waals surface area contributed by atoms with Crippen molar-refractivity contribution in [2.45, 2.75) is 36.5 Å². The van der Waals surface area contributed by atoms with Crippen LogP contribution in [-0.4, -0.2) is 50.0 Å². The molecule has 3 heterocycles. The molecule has 2 fully saturated rings. The number of piperidine rings is 1. The van der Waals surface area contributed by atoms with Crippen molar-refractivity contribution >= 4 is 33.3 Å². The lowest BCUT2D eigenvalue weighted by molar-refractivity contribution is -0.137. The van der Waals surface area contributed by atoms with Crippen molar-refractivity contribution in [3.8, 4) is 11.4 Å². The van der Waals surface area contributed by atoms with Gasteiger partial charge < -0.3 is 9.47 Å². The van der Waals surface area contributed by atoms with Crippen LogP contribution >= 0.6 is 23.1 Å². The lowest BCUT2D eigenvalue weighted by atomic mass is 9.95. The molecule has 0 amide bonds. The van der Waals surface area contributed by atoms with Crippen LogP contribution in [0.15, 0.2) is 47.6 Å². The van der Waals surface area contributed by atoms with Gasteiger partial charge in [0, 0.05) is 36.9 Å². The van der Waals surface area contributed by atoms with E-state index >= 15 is 0 Å². The summed E-state index contributed by atoms with van der Waals surface area (Å²) >= 11 is 3.39. The third-order valence-electron chi connectivity index (χ3n) is 7.44. The molecule has 2 aromatic heterocycles. The van der Waals surface area contributed by atoms with Gasteiger partial charge in [-0.3, -0.25) is 0 Å². The van der Waals surface area contributed by atoms with Gasteiger partial charge in [0.25, 0.3) is 0 Å². The van der Waals surface area contributed by atoms with E-state index in [0.717, 1.165) is 65.5 Å². The van der Waals surface area contributed by atoms with Gasteiger partial charge in [0.15, 0.2) is 11.0 Å². The topological polar surface area (TPSA) is 46.8 Å². The van der Waals surface area contributed by atoms with Crippen LogP contribution in [0.5, 0.6) is 0 Å². The minimum Gasteiger partial charge on any atom is -0.305 e. The largest absolute Gasteiger partial charge is 0.416 e. The van der Waals surface area contributed by atoms with E-state index < -0.39 is 11.7 Å². The minimum absolute atomic E-state index is 0.305. The number of hydrogen-bond acceptors (Lipinski definition) is 6. The van der Waals surface area contributed by atoms with Gasteiger partial charge >= 0.3 is 6.18 Å². The summed E-state index contributed by atoms with van der Waals surface area (Å²) in [5, 5.41) is 10.4. The summed E-state index contributed by atoms with van der Waals surface area (Å²) in [6, 6.07) is 11.9. The molecule has 0 N–H and O–H groups in total. The Balaban J connectivity index is 1.02. The zero-order valence-corrected chi connectivity index (χ0v) is 21.7. The van der Waals surface area contributed by atoms with Crippen molar-refractivity contribution in [3.05, 3.63) is 58.6 Å². The van der Waals surface area contributed by atoms with E-state index in [2.05, 4.69) is 45.2 Å². The quantitative estimate of drug-likeness (QED) is 0.212. The van der Waals surface area contributed by atoms with E-state index in [9.17, 15) is 13.2 Å². The third-order valence-corrected chi connectivity index (χ3v) is 9.50. The summed E-state index contributed by atoms with van der Waals surface area (Å²) in [7, 11) is 1.85. The van der Waals surface area contributed by atoms with E-state index in [1.165, 1.54) is 28.8 Å². The molecular weight excluding hydrogens is 503 g/mol. The Morgan fingerprint density at radius 1 is 1.14 bits per heavy atom. The highest BCUT2D eigenvalue weighted by atomic mass is 32.2. The molecule has 0 spiro atoms. The summed E-state index contributed by atoms with van der Waals surface area (Å²) in [6.45, 7) is 5.38. The average molecular weight is 530 g/mol. The number of rotatable bonds is 7. The van der Waals surface area contributed by atoms with Crippen molar-refractivity contribution in [3.63, 3.8) is 0 Å². The van der Waals surface area contributed by atoms with Gasteiger partial charge in [0.2, 0.25) is 0 Å². The molecule has 2 aromatic carbocycles. The predicted molar refractivity (Wildman–Crippen MR) is 137 cm³/mol. The van der Waals surface area contributed by atoms with Crippen LogP contribution < -0.4 is 0 Å². The molecule has 36 heavy (non-hydrogen) atoms. The number of likely N-dealkylation sites (tertiary alicyclic amines) is 1. The molecule has 1 aliphatic heterocycles. The van der Waals surface area contributed by atoms with Crippen LogP contribution in [0.25, 0.3) is 21.6 Å². The van der Waals surface area contributed by atoms with Gasteiger partial charge in [-0.05, 0) is 62.1 Å². The number of thioether (sulfide) groups is 1. The number of halogens is 3. The molecule has 4 aromatic rings. The van der Waals surface area contributed by atoms with Crippen molar-refractivity contribution in [1.29, 1.82) is 0 Å². The molecule has 188 valence electrons. The minimum atomic E-state index is -4.34. The first kappa shape index (κ1) is 23.9. The molecule has 6 rings (SSSR count). The van der Waals surface area contributed by atoms with Gasteiger partial charge in [0.1, 0.15) is 0 Å². The summed E-state index contributed by atoms with van der Waals surface area (Å²) in [5.41, 5.74) is 2.83. The Morgan fingerprint density at radius 3 is 2.72 bits per heavy atom. The summed E-state index contributed by atoms with van der Waals surface area (Å²) in [4.78, 5) is 7.27. The summed E-state index contributed by atoms with van der Waals surface area (Å²) < 4.78 is 41.6. The Morgan fingerprint density at radius 2 is 1.94 bits per heavy atom. The standard InChI is InChI=1S/C26H26F3N5S2/c1-16-30-21-12-19(8-9-22(21)36-16)25-13-20(25)14-34(15-25)10-3-11-35-24-32-31-23(33(24)2)17-4-6-18(7-5-17)26(27,28)29/h4-9,12,20H,3,10-11,13-15H2,1-2H3/t20-,25+/m1/s1. The predicted octanol–water partition coefficient (Wildman–Crippen LogP) is 6.17. The number of nitrogens with zero attached hydrogens (tertiary/aromatic N) is 5. The number of fused-ring (bicyclic) bond motifs is 2. The summed E-state index contributed by atoms with van der Waals surface area (Å²) in [5.74, 6) is 2.23. The first-order chi connectivity index (χ1) is 17.2. The second-order valence-electron chi connectivity index (χ2n) is 9.85. The number of aryl methyl sites for hydroxylation is 1. The van der Waals surface area contributed by atoms with E-state index in [0.29, 0.717) is 16.8 Å². The zero-order valence-electron chi connectivity index (χ0n) is 20.0. The lowest BCUT2D eigenvalue weighted by Crippen LogP contribution is -2.27. The third kappa shape index (κ3) is 4.33. The van der Waals surface area contributed by atoms with E-state index in [-0.39, 0.29) is 0 Å². The first-order valence-electron chi connectivity index (χ1n) is 12.0. The van der Waals surface area contributed by atoms with Crippen LogP contribution in [0.3, 0.4) is 0 Å². The molecule has 5 nitrogen and oxygen atoms in total.